The lowest BCUT2D eigenvalue weighted by molar-refractivity contribution is -0.131. The third-order valence-corrected chi connectivity index (χ3v) is 4.28. The lowest BCUT2D eigenvalue weighted by Crippen LogP contribution is -2.46. The first kappa shape index (κ1) is 18.3. The lowest BCUT2D eigenvalue weighted by Gasteiger charge is -2.34. The Morgan fingerprint density at radius 1 is 1.38 bits per heavy atom. The van der Waals surface area contributed by atoms with Crippen LogP contribution in [0.4, 0.5) is 4.79 Å². The van der Waals surface area contributed by atoms with E-state index in [9.17, 15) is 9.59 Å². The molecule has 1 aromatic carbocycles. The van der Waals surface area contributed by atoms with Crippen LogP contribution in [0.15, 0.2) is 30.3 Å². The van der Waals surface area contributed by atoms with Crippen molar-refractivity contribution in [3.63, 3.8) is 0 Å². The van der Waals surface area contributed by atoms with Crippen molar-refractivity contribution >= 4 is 12.0 Å². The minimum Gasteiger partial charge on any atom is -0.445 e. The number of likely N-dealkylation sites (N-methyl/N-ethyl adjacent to an activating group) is 1. The maximum atomic E-state index is 12.2. The standard InChI is InChI=1S/C18H27N3O3/c1-14(19)17(22)20(2)11-16-9-6-10-21(12-16)18(23)24-13-15-7-4-3-5-8-15/h3-5,7-8,14,16H,6,9-13,19H2,1-2H3/t14-,16?/m0/s1. The molecule has 1 aliphatic rings. The van der Waals surface area contributed by atoms with Crippen LogP contribution < -0.4 is 5.73 Å². The molecule has 1 heterocycles. The summed E-state index contributed by atoms with van der Waals surface area (Å²) in [7, 11) is 1.76. The first-order valence-electron chi connectivity index (χ1n) is 8.43. The van der Waals surface area contributed by atoms with Crippen molar-refractivity contribution in [2.45, 2.75) is 32.4 Å². The number of piperidine rings is 1. The molecular formula is C18H27N3O3. The second kappa shape index (κ2) is 8.68. The van der Waals surface area contributed by atoms with Gasteiger partial charge in [0.15, 0.2) is 0 Å². The third kappa shape index (κ3) is 5.23. The predicted octanol–water partition coefficient (Wildman–Crippen LogP) is 1.84. The second-order valence-electron chi connectivity index (χ2n) is 6.50. The summed E-state index contributed by atoms with van der Waals surface area (Å²) in [4.78, 5) is 27.5. The van der Waals surface area contributed by atoms with Crippen molar-refractivity contribution in [1.29, 1.82) is 0 Å². The molecule has 0 saturated carbocycles. The maximum Gasteiger partial charge on any atom is 0.410 e. The zero-order valence-electron chi connectivity index (χ0n) is 14.5. The Hall–Kier alpha value is -2.08. The quantitative estimate of drug-likeness (QED) is 0.892. The van der Waals surface area contributed by atoms with Gasteiger partial charge in [0.05, 0.1) is 6.04 Å². The number of nitrogens with two attached hydrogens (primary N) is 1. The largest absolute Gasteiger partial charge is 0.445 e. The molecule has 2 rings (SSSR count). The summed E-state index contributed by atoms with van der Waals surface area (Å²) >= 11 is 0. The Kier molecular flexibility index (Phi) is 6.61. The highest BCUT2D eigenvalue weighted by Gasteiger charge is 2.27. The van der Waals surface area contributed by atoms with E-state index < -0.39 is 6.04 Å². The monoisotopic (exact) mass is 333 g/mol. The van der Waals surface area contributed by atoms with Crippen LogP contribution in [-0.4, -0.2) is 54.5 Å². The van der Waals surface area contributed by atoms with Gasteiger partial charge in [-0.3, -0.25) is 4.79 Å². The number of carbonyl (C=O) groups excluding carboxylic acids is 2. The second-order valence-corrected chi connectivity index (χ2v) is 6.50. The molecule has 6 nitrogen and oxygen atoms in total. The molecule has 1 aliphatic heterocycles. The van der Waals surface area contributed by atoms with Crippen LogP contribution in [0, 0.1) is 5.92 Å². The van der Waals surface area contributed by atoms with Gasteiger partial charge in [-0.05, 0) is 31.2 Å². The Balaban J connectivity index is 1.81. The van der Waals surface area contributed by atoms with Crippen LogP contribution >= 0.6 is 0 Å². The third-order valence-electron chi connectivity index (χ3n) is 4.28. The molecule has 2 atom stereocenters. The first-order chi connectivity index (χ1) is 11.5. The summed E-state index contributed by atoms with van der Waals surface area (Å²) in [5.41, 5.74) is 6.61. The van der Waals surface area contributed by atoms with Gasteiger partial charge in [-0.2, -0.15) is 0 Å². The highest BCUT2D eigenvalue weighted by molar-refractivity contribution is 5.80. The van der Waals surface area contributed by atoms with Gasteiger partial charge in [0.2, 0.25) is 5.91 Å². The summed E-state index contributed by atoms with van der Waals surface area (Å²) in [5, 5.41) is 0. The topological polar surface area (TPSA) is 75.9 Å². The average Bonchev–Trinajstić information content (AvgIpc) is 2.60. The molecule has 0 aromatic heterocycles. The van der Waals surface area contributed by atoms with Crippen LogP contribution in [0.3, 0.4) is 0 Å². The van der Waals surface area contributed by atoms with E-state index in [2.05, 4.69) is 0 Å². The van der Waals surface area contributed by atoms with E-state index in [0.717, 1.165) is 18.4 Å². The van der Waals surface area contributed by atoms with Crippen LogP contribution in [0.1, 0.15) is 25.3 Å². The molecule has 1 aromatic rings. The number of carbonyl (C=O) groups is 2. The highest BCUT2D eigenvalue weighted by atomic mass is 16.6. The molecule has 1 saturated heterocycles. The van der Waals surface area contributed by atoms with Crippen LogP contribution in [0.5, 0.6) is 0 Å². The van der Waals surface area contributed by atoms with Gasteiger partial charge in [-0.15, -0.1) is 0 Å². The first-order valence-corrected chi connectivity index (χ1v) is 8.43. The fraction of sp³-hybridized carbons (Fsp3) is 0.556. The summed E-state index contributed by atoms with van der Waals surface area (Å²) in [6, 6.07) is 9.14. The molecule has 2 amide bonds. The number of likely N-dealkylation sites (tertiary alicyclic amines) is 1. The number of nitrogens with zero attached hydrogens (tertiary/aromatic N) is 2. The molecule has 2 N–H and O–H groups in total. The highest BCUT2D eigenvalue weighted by Crippen LogP contribution is 2.18. The molecule has 6 heteroatoms. The van der Waals surface area contributed by atoms with Crippen LogP contribution in [0.2, 0.25) is 0 Å². The fourth-order valence-electron chi connectivity index (χ4n) is 3.02. The number of rotatable bonds is 5. The summed E-state index contributed by atoms with van der Waals surface area (Å²) in [6.45, 7) is 3.90. The normalized spacial score (nSPS) is 18.8. The fourth-order valence-corrected chi connectivity index (χ4v) is 3.02. The van der Waals surface area contributed by atoms with E-state index in [0.29, 0.717) is 19.6 Å². The molecular weight excluding hydrogens is 306 g/mol. The van der Waals surface area contributed by atoms with E-state index in [-0.39, 0.29) is 24.5 Å². The van der Waals surface area contributed by atoms with E-state index >= 15 is 0 Å². The van der Waals surface area contributed by atoms with Gasteiger partial charge in [0, 0.05) is 26.7 Å². The molecule has 0 radical (unpaired) electrons. The van der Waals surface area contributed by atoms with Gasteiger partial charge in [0.1, 0.15) is 6.61 Å². The van der Waals surface area contributed by atoms with Crippen LogP contribution in [-0.2, 0) is 16.1 Å². The molecule has 0 aliphatic carbocycles. The molecule has 1 fully saturated rings. The van der Waals surface area contributed by atoms with Crippen molar-refractivity contribution in [2.75, 3.05) is 26.7 Å². The number of hydrogen-bond donors (Lipinski definition) is 1. The number of hydrogen-bond acceptors (Lipinski definition) is 4. The summed E-state index contributed by atoms with van der Waals surface area (Å²) in [6.07, 6.45) is 1.63. The van der Waals surface area contributed by atoms with E-state index in [1.54, 1.807) is 23.8 Å². The molecule has 132 valence electrons. The summed E-state index contributed by atoms with van der Waals surface area (Å²) in [5.74, 6) is 0.189. The number of amides is 2. The minimum atomic E-state index is -0.495. The predicted molar refractivity (Wildman–Crippen MR) is 92.2 cm³/mol. The Bertz CT molecular complexity index is 548. The van der Waals surface area contributed by atoms with Crippen molar-refractivity contribution in [3.05, 3.63) is 35.9 Å². The zero-order chi connectivity index (χ0) is 17.5. The maximum absolute atomic E-state index is 12.2. The van der Waals surface area contributed by atoms with Crippen molar-refractivity contribution in [2.24, 2.45) is 11.7 Å². The number of benzene rings is 1. The van der Waals surface area contributed by atoms with E-state index in [1.165, 1.54) is 0 Å². The number of ether oxygens (including phenoxy) is 1. The van der Waals surface area contributed by atoms with Gasteiger partial charge < -0.3 is 20.3 Å². The zero-order valence-corrected chi connectivity index (χ0v) is 14.5. The molecule has 24 heavy (non-hydrogen) atoms. The Morgan fingerprint density at radius 2 is 2.08 bits per heavy atom. The van der Waals surface area contributed by atoms with Gasteiger partial charge in [-0.1, -0.05) is 30.3 Å². The Morgan fingerprint density at radius 3 is 2.75 bits per heavy atom. The molecule has 0 bridgehead atoms. The van der Waals surface area contributed by atoms with Gasteiger partial charge >= 0.3 is 6.09 Å². The lowest BCUT2D eigenvalue weighted by atomic mass is 9.97. The van der Waals surface area contributed by atoms with E-state index in [4.69, 9.17) is 10.5 Å². The smallest absolute Gasteiger partial charge is 0.410 e. The van der Waals surface area contributed by atoms with Crippen molar-refractivity contribution in [1.82, 2.24) is 9.80 Å². The SMILES string of the molecule is C[C@H](N)C(=O)N(C)CC1CCCN(C(=O)OCc2ccccc2)C1. The molecule has 1 unspecified atom stereocenters. The van der Waals surface area contributed by atoms with Gasteiger partial charge in [0.25, 0.3) is 0 Å². The van der Waals surface area contributed by atoms with Gasteiger partial charge in [-0.25, -0.2) is 4.79 Å². The Labute approximate surface area is 143 Å². The van der Waals surface area contributed by atoms with Crippen LogP contribution in [0.25, 0.3) is 0 Å². The average molecular weight is 333 g/mol. The molecule has 0 spiro atoms. The minimum absolute atomic E-state index is 0.0706. The van der Waals surface area contributed by atoms with E-state index in [1.807, 2.05) is 30.3 Å². The van der Waals surface area contributed by atoms with Crippen molar-refractivity contribution in [3.8, 4) is 0 Å². The summed E-state index contributed by atoms with van der Waals surface area (Å²) < 4.78 is 5.39. The van der Waals surface area contributed by atoms with Crippen molar-refractivity contribution < 1.29 is 14.3 Å².